The molecule has 5 heteroatoms. The molecule has 0 saturated carbocycles. The molecule has 0 N–H and O–H groups in total. The topological polar surface area (TPSA) is 12.5 Å². The molecule has 0 aliphatic carbocycles. The monoisotopic (exact) mass is 345 g/mol. The van der Waals surface area contributed by atoms with Gasteiger partial charge in [0.1, 0.15) is 22.2 Å². The Morgan fingerprint density at radius 3 is 1.89 bits per heavy atom. The molecular formula is C13H24BrNOSi2. The second kappa shape index (κ2) is 5.39. The highest BCUT2D eigenvalue weighted by molar-refractivity contribution is 9.10. The number of hydrogen-bond acceptors (Lipinski definition) is 2. The quantitative estimate of drug-likeness (QED) is 0.717. The molecule has 0 spiro atoms. The van der Waals surface area contributed by atoms with Crippen molar-refractivity contribution in [2.45, 2.75) is 39.3 Å². The Morgan fingerprint density at radius 2 is 1.50 bits per heavy atom. The number of benzene rings is 1. The van der Waals surface area contributed by atoms with Crippen LogP contribution in [-0.4, -0.2) is 23.6 Å². The van der Waals surface area contributed by atoms with Gasteiger partial charge in [0, 0.05) is 4.47 Å². The van der Waals surface area contributed by atoms with Crippen molar-refractivity contribution in [3.05, 3.63) is 22.7 Å². The first-order valence-electron chi connectivity index (χ1n) is 6.22. The van der Waals surface area contributed by atoms with E-state index in [4.69, 9.17) is 4.74 Å². The molecule has 0 bridgehead atoms. The zero-order valence-corrected chi connectivity index (χ0v) is 16.1. The summed E-state index contributed by atoms with van der Waals surface area (Å²) in [4.78, 5) is 0. The number of rotatable bonds is 4. The predicted molar refractivity (Wildman–Crippen MR) is 89.9 cm³/mol. The van der Waals surface area contributed by atoms with Crippen LogP contribution in [0.1, 0.15) is 0 Å². The van der Waals surface area contributed by atoms with Gasteiger partial charge in [-0.2, -0.15) is 0 Å². The van der Waals surface area contributed by atoms with Crippen molar-refractivity contribution in [1.82, 2.24) is 0 Å². The highest BCUT2D eigenvalue weighted by Crippen LogP contribution is 2.41. The fourth-order valence-corrected chi connectivity index (χ4v) is 13.3. The Kier molecular flexibility index (Phi) is 4.72. The van der Waals surface area contributed by atoms with E-state index in [1.165, 1.54) is 5.69 Å². The fraction of sp³-hybridized carbons (Fsp3) is 0.538. The van der Waals surface area contributed by atoms with Gasteiger partial charge < -0.3 is 8.97 Å². The number of anilines is 1. The smallest absolute Gasteiger partial charge is 0.141 e. The average Bonchev–Trinajstić information content (AvgIpc) is 2.16. The number of halogens is 1. The molecule has 0 saturated heterocycles. The first kappa shape index (κ1) is 15.8. The normalized spacial score (nSPS) is 12.4. The summed E-state index contributed by atoms with van der Waals surface area (Å²) < 4.78 is 9.37. The minimum Gasteiger partial charge on any atom is -0.495 e. The molecule has 0 amide bonds. The minimum atomic E-state index is -1.46. The van der Waals surface area contributed by atoms with Crippen molar-refractivity contribution < 1.29 is 4.74 Å². The summed E-state index contributed by atoms with van der Waals surface area (Å²) in [5.74, 6) is 0.967. The van der Waals surface area contributed by atoms with Crippen LogP contribution in [0.5, 0.6) is 5.75 Å². The molecule has 1 aromatic rings. The lowest BCUT2D eigenvalue weighted by atomic mass is 10.3. The Balaban J connectivity index is 3.49. The van der Waals surface area contributed by atoms with Crippen LogP contribution in [0.15, 0.2) is 22.7 Å². The number of hydrogen-bond donors (Lipinski definition) is 0. The molecule has 0 atom stereocenters. The maximum Gasteiger partial charge on any atom is 0.141 e. The van der Waals surface area contributed by atoms with Crippen molar-refractivity contribution >= 4 is 38.1 Å². The Morgan fingerprint density at radius 1 is 1.00 bits per heavy atom. The number of nitrogens with zero attached hydrogens (tertiary/aromatic N) is 1. The van der Waals surface area contributed by atoms with E-state index >= 15 is 0 Å². The van der Waals surface area contributed by atoms with E-state index in [0.717, 1.165) is 10.2 Å². The van der Waals surface area contributed by atoms with Crippen LogP contribution in [0.25, 0.3) is 0 Å². The molecule has 1 aromatic carbocycles. The summed E-state index contributed by atoms with van der Waals surface area (Å²) in [6, 6.07) is 6.18. The highest BCUT2D eigenvalue weighted by Gasteiger charge is 2.37. The van der Waals surface area contributed by atoms with E-state index in [0.29, 0.717) is 0 Å². The van der Waals surface area contributed by atoms with Crippen LogP contribution in [0.2, 0.25) is 39.3 Å². The van der Waals surface area contributed by atoms with Gasteiger partial charge in [-0.25, -0.2) is 0 Å². The van der Waals surface area contributed by atoms with Gasteiger partial charge in [0.2, 0.25) is 0 Å². The van der Waals surface area contributed by atoms with Gasteiger partial charge in [-0.05, 0) is 28.1 Å². The molecular weight excluding hydrogens is 322 g/mol. The van der Waals surface area contributed by atoms with Crippen LogP contribution >= 0.6 is 15.9 Å². The van der Waals surface area contributed by atoms with E-state index in [9.17, 15) is 0 Å². The van der Waals surface area contributed by atoms with Crippen molar-refractivity contribution in [2.75, 3.05) is 11.3 Å². The molecule has 0 unspecified atom stereocenters. The molecule has 2 nitrogen and oxygen atoms in total. The van der Waals surface area contributed by atoms with Crippen LogP contribution in [0.4, 0.5) is 5.69 Å². The summed E-state index contributed by atoms with van der Waals surface area (Å²) >= 11 is 3.70. The lowest BCUT2D eigenvalue weighted by Gasteiger charge is -2.46. The summed E-state index contributed by atoms with van der Waals surface area (Å²) in [5, 5.41) is 0. The van der Waals surface area contributed by atoms with Gasteiger partial charge >= 0.3 is 0 Å². The van der Waals surface area contributed by atoms with Gasteiger partial charge in [-0.15, -0.1) is 0 Å². The van der Waals surface area contributed by atoms with E-state index < -0.39 is 16.5 Å². The lowest BCUT2D eigenvalue weighted by Crippen LogP contribution is -2.59. The summed E-state index contributed by atoms with van der Waals surface area (Å²) in [5.41, 5.74) is 1.23. The summed E-state index contributed by atoms with van der Waals surface area (Å²) in [6.45, 7) is 14.4. The average molecular weight is 346 g/mol. The minimum absolute atomic E-state index is 0.967. The highest BCUT2D eigenvalue weighted by atomic mass is 79.9. The lowest BCUT2D eigenvalue weighted by molar-refractivity contribution is 0.416. The molecule has 0 aliphatic rings. The van der Waals surface area contributed by atoms with Crippen molar-refractivity contribution in [3.63, 3.8) is 0 Å². The van der Waals surface area contributed by atoms with Crippen molar-refractivity contribution in [1.29, 1.82) is 0 Å². The molecule has 18 heavy (non-hydrogen) atoms. The third-order valence-corrected chi connectivity index (χ3v) is 10.5. The van der Waals surface area contributed by atoms with E-state index in [1.54, 1.807) is 7.11 Å². The van der Waals surface area contributed by atoms with E-state index in [1.807, 2.05) is 12.1 Å². The number of ether oxygens (including phenoxy) is 1. The largest absolute Gasteiger partial charge is 0.495 e. The Bertz CT molecular complexity index is 410. The zero-order chi connectivity index (χ0) is 14.1. The second-order valence-electron chi connectivity index (χ2n) is 6.47. The van der Waals surface area contributed by atoms with Crippen LogP contribution in [-0.2, 0) is 0 Å². The van der Waals surface area contributed by atoms with Gasteiger partial charge in [0.15, 0.2) is 0 Å². The molecule has 102 valence electrons. The van der Waals surface area contributed by atoms with Gasteiger partial charge in [0.25, 0.3) is 0 Å². The second-order valence-corrected chi connectivity index (χ2v) is 17.3. The predicted octanol–water partition coefficient (Wildman–Crippen LogP) is 4.93. The molecule has 0 fully saturated rings. The molecule has 0 radical (unpaired) electrons. The molecule has 0 aliphatic heterocycles. The maximum absolute atomic E-state index is 5.57. The van der Waals surface area contributed by atoms with Gasteiger partial charge in [-0.3, -0.25) is 0 Å². The fourth-order valence-electron chi connectivity index (χ4n) is 2.55. The van der Waals surface area contributed by atoms with Crippen LogP contribution < -0.4 is 8.97 Å². The number of para-hydroxylation sites is 1. The van der Waals surface area contributed by atoms with Crippen LogP contribution in [0.3, 0.4) is 0 Å². The van der Waals surface area contributed by atoms with Crippen molar-refractivity contribution in [3.8, 4) is 5.75 Å². The third kappa shape index (κ3) is 3.39. The Hall–Kier alpha value is -0.266. The van der Waals surface area contributed by atoms with Crippen molar-refractivity contribution in [2.24, 2.45) is 0 Å². The van der Waals surface area contributed by atoms with Gasteiger partial charge in [-0.1, -0.05) is 45.3 Å². The van der Waals surface area contributed by atoms with Gasteiger partial charge in [0.05, 0.1) is 12.8 Å². The number of methoxy groups -OCH3 is 1. The van der Waals surface area contributed by atoms with Crippen LogP contribution in [0, 0.1) is 0 Å². The van der Waals surface area contributed by atoms with E-state index in [2.05, 4.69) is 65.5 Å². The molecule has 1 rings (SSSR count). The zero-order valence-electron chi connectivity index (χ0n) is 12.5. The standard InChI is InChI=1S/C13H24BrNOSi2/c1-16-12-10-8-9-11(14)13(12)15(17(2,3)4)18(5,6)7/h8-10H,1-7H3. The SMILES string of the molecule is COc1cccc(Br)c1N([Si](C)(C)C)[Si](C)(C)C. The summed E-state index contributed by atoms with van der Waals surface area (Å²) in [6.07, 6.45) is 0. The maximum atomic E-state index is 5.57. The molecule has 0 heterocycles. The van der Waals surface area contributed by atoms with E-state index in [-0.39, 0.29) is 0 Å². The first-order chi connectivity index (χ1) is 8.09. The summed E-state index contributed by atoms with van der Waals surface area (Å²) in [7, 11) is -1.17. The third-order valence-electron chi connectivity index (χ3n) is 2.73. The molecule has 0 aromatic heterocycles. The Labute approximate surface area is 122 Å². The first-order valence-corrected chi connectivity index (χ1v) is 13.9.